The molecule has 2 aliphatic rings. The topological polar surface area (TPSA) is 46.3 Å². The molecule has 1 amide bonds. The lowest BCUT2D eigenvalue weighted by atomic mass is 9.97. The summed E-state index contributed by atoms with van der Waals surface area (Å²) in [5.41, 5.74) is 5.75. The van der Waals surface area contributed by atoms with Crippen LogP contribution in [0.5, 0.6) is 0 Å². The average molecular weight is 224 g/mol. The van der Waals surface area contributed by atoms with E-state index in [1.807, 2.05) is 4.90 Å². The van der Waals surface area contributed by atoms with Gasteiger partial charge in [-0.3, -0.25) is 4.79 Å². The first-order valence-electron chi connectivity index (χ1n) is 6.66. The molecule has 0 spiro atoms. The Kier molecular flexibility index (Phi) is 3.53. The van der Waals surface area contributed by atoms with Crippen LogP contribution < -0.4 is 5.73 Å². The maximum Gasteiger partial charge on any atom is 0.223 e. The molecule has 3 nitrogen and oxygen atoms in total. The first-order valence-corrected chi connectivity index (χ1v) is 6.66. The van der Waals surface area contributed by atoms with E-state index in [-0.39, 0.29) is 5.54 Å². The standard InChI is InChI=1S/C13H24N2O/c1-13(10-14)7-4-8-15(13)12(16)9-11-5-2-3-6-11/h11H,2-10,14H2,1H3. The summed E-state index contributed by atoms with van der Waals surface area (Å²) >= 11 is 0. The Hall–Kier alpha value is -0.570. The molecule has 1 saturated carbocycles. The highest BCUT2D eigenvalue weighted by molar-refractivity contribution is 5.77. The van der Waals surface area contributed by atoms with Crippen molar-refractivity contribution in [1.82, 2.24) is 4.90 Å². The minimum atomic E-state index is -0.0598. The molecule has 1 unspecified atom stereocenters. The van der Waals surface area contributed by atoms with Crippen molar-refractivity contribution in [3.8, 4) is 0 Å². The second-order valence-electron chi connectivity index (χ2n) is 5.70. The molecule has 0 radical (unpaired) electrons. The molecule has 2 N–H and O–H groups in total. The molecule has 16 heavy (non-hydrogen) atoms. The minimum absolute atomic E-state index is 0.0598. The summed E-state index contributed by atoms with van der Waals surface area (Å²) in [5.74, 6) is 0.993. The summed E-state index contributed by atoms with van der Waals surface area (Å²) in [6.45, 7) is 3.65. The van der Waals surface area contributed by atoms with Crippen LogP contribution in [-0.4, -0.2) is 29.4 Å². The Morgan fingerprint density at radius 2 is 2.06 bits per heavy atom. The summed E-state index contributed by atoms with van der Waals surface area (Å²) in [5, 5.41) is 0. The monoisotopic (exact) mass is 224 g/mol. The number of carbonyl (C=O) groups excluding carboxylic acids is 1. The van der Waals surface area contributed by atoms with E-state index in [0.717, 1.165) is 25.8 Å². The molecule has 2 rings (SSSR count). The highest BCUT2D eigenvalue weighted by atomic mass is 16.2. The van der Waals surface area contributed by atoms with Gasteiger partial charge >= 0.3 is 0 Å². The molecule has 1 atom stereocenters. The zero-order valence-electron chi connectivity index (χ0n) is 10.4. The number of amides is 1. The number of rotatable bonds is 3. The maximum absolute atomic E-state index is 12.2. The van der Waals surface area contributed by atoms with Crippen LogP contribution in [0.1, 0.15) is 51.9 Å². The normalized spacial score (nSPS) is 31.2. The van der Waals surface area contributed by atoms with E-state index in [1.54, 1.807) is 0 Å². The van der Waals surface area contributed by atoms with E-state index in [4.69, 9.17) is 5.73 Å². The number of nitrogens with zero attached hydrogens (tertiary/aromatic N) is 1. The van der Waals surface area contributed by atoms with Gasteiger partial charge in [-0.2, -0.15) is 0 Å². The van der Waals surface area contributed by atoms with Crippen molar-refractivity contribution in [2.75, 3.05) is 13.1 Å². The van der Waals surface area contributed by atoms with Gasteiger partial charge in [-0.15, -0.1) is 0 Å². The molecule has 3 heteroatoms. The highest BCUT2D eigenvalue weighted by Crippen LogP contribution is 2.32. The third-order valence-corrected chi connectivity index (χ3v) is 4.43. The molecule has 0 aromatic rings. The van der Waals surface area contributed by atoms with E-state index in [2.05, 4.69) is 6.92 Å². The predicted octanol–water partition coefficient (Wildman–Crippen LogP) is 1.91. The fourth-order valence-electron chi connectivity index (χ4n) is 3.23. The molecule has 0 aromatic carbocycles. The lowest BCUT2D eigenvalue weighted by Crippen LogP contribution is -2.50. The largest absolute Gasteiger partial charge is 0.336 e. The molecule has 0 aromatic heterocycles. The molecular weight excluding hydrogens is 200 g/mol. The molecular formula is C13H24N2O. The number of hydrogen-bond acceptors (Lipinski definition) is 2. The van der Waals surface area contributed by atoms with Crippen LogP contribution in [0.3, 0.4) is 0 Å². The molecule has 0 bridgehead atoms. The smallest absolute Gasteiger partial charge is 0.223 e. The zero-order chi connectivity index (χ0) is 11.6. The van der Waals surface area contributed by atoms with Crippen LogP contribution in [0, 0.1) is 5.92 Å². The van der Waals surface area contributed by atoms with E-state index < -0.39 is 0 Å². The Balaban J connectivity index is 1.93. The Morgan fingerprint density at radius 1 is 1.38 bits per heavy atom. The summed E-state index contributed by atoms with van der Waals surface area (Å²) in [6, 6.07) is 0. The van der Waals surface area contributed by atoms with Gasteiger partial charge in [0, 0.05) is 19.5 Å². The van der Waals surface area contributed by atoms with E-state index in [1.165, 1.54) is 25.7 Å². The van der Waals surface area contributed by atoms with E-state index >= 15 is 0 Å². The van der Waals surface area contributed by atoms with Crippen LogP contribution in [-0.2, 0) is 4.79 Å². The zero-order valence-corrected chi connectivity index (χ0v) is 10.4. The van der Waals surface area contributed by atoms with Crippen molar-refractivity contribution < 1.29 is 4.79 Å². The fourth-order valence-corrected chi connectivity index (χ4v) is 3.23. The van der Waals surface area contributed by atoms with Crippen LogP contribution in [0.2, 0.25) is 0 Å². The first kappa shape index (κ1) is 11.9. The molecule has 1 aliphatic heterocycles. The van der Waals surface area contributed by atoms with E-state index in [0.29, 0.717) is 18.4 Å². The maximum atomic E-state index is 12.2. The molecule has 1 heterocycles. The van der Waals surface area contributed by atoms with Gasteiger partial charge < -0.3 is 10.6 Å². The highest BCUT2D eigenvalue weighted by Gasteiger charge is 2.38. The number of nitrogens with two attached hydrogens (primary N) is 1. The first-order chi connectivity index (χ1) is 7.65. The number of hydrogen-bond donors (Lipinski definition) is 1. The lowest BCUT2D eigenvalue weighted by Gasteiger charge is -2.34. The minimum Gasteiger partial charge on any atom is -0.336 e. The van der Waals surface area contributed by atoms with Gasteiger partial charge in [0.2, 0.25) is 5.91 Å². The third kappa shape index (κ3) is 2.24. The van der Waals surface area contributed by atoms with Crippen LogP contribution in [0.4, 0.5) is 0 Å². The van der Waals surface area contributed by atoms with Gasteiger partial charge in [-0.1, -0.05) is 12.8 Å². The molecule has 1 aliphatic carbocycles. The molecule has 2 fully saturated rings. The summed E-state index contributed by atoms with van der Waals surface area (Å²) in [4.78, 5) is 14.3. The van der Waals surface area contributed by atoms with Crippen molar-refractivity contribution >= 4 is 5.91 Å². The predicted molar refractivity (Wildman–Crippen MR) is 65.0 cm³/mol. The van der Waals surface area contributed by atoms with Gasteiger partial charge in [0.05, 0.1) is 5.54 Å². The van der Waals surface area contributed by atoms with Crippen molar-refractivity contribution in [3.63, 3.8) is 0 Å². The van der Waals surface area contributed by atoms with Gasteiger partial charge in [-0.05, 0) is 38.5 Å². The summed E-state index contributed by atoms with van der Waals surface area (Å²) in [6.07, 6.45) is 8.07. The third-order valence-electron chi connectivity index (χ3n) is 4.43. The fraction of sp³-hybridized carbons (Fsp3) is 0.923. The summed E-state index contributed by atoms with van der Waals surface area (Å²) in [7, 11) is 0. The number of carbonyl (C=O) groups is 1. The van der Waals surface area contributed by atoms with Gasteiger partial charge in [0.1, 0.15) is 0 Å². The summed E-state index contributed by atoms with van der Waals surface area (Å²) < 4.78 is 0. The Bertz CT molecular complexity index is 261. The van der Waals surface area contributed by atoms with Crippen molar-refractivity contribution in [2.45, 2.75) is 57.4 Å². The SMILES string of the molecule is CC1(CN)CCCN1C(=O)CC1CCCC1. The van der Waals surface area contributed by atoms with Crippen LogP contribution in [0.25, 0.3) is 0 Å². The Morgan fingerprint density at radius 3 is 2.69 bits per heavy atom. The average Bonchev–Trinajstić information content (AvgIpc) is 2.88. The van der Waals surface area contributed by atoms with Crippen LogP contribution in [0.15, 0.2) is 0 Å². The molecule has 92 valence electrons. The second-order valence-corrected chi connectivity index (χ2v) is 5.70. The van der Waals surface area contributed by atoms with Gasteiger partial charge in [0.25, 0.3) is 0 Å². The van der Waals surface area contributed by atoms with Gasteiger partial charge in [-0.25, -0.2) is 0 Å². The van der Waals surface area contributed by atoms with Crippen molar-refractivity contribution in [3.05, 3.63) is 0 Å². The Labute approximate surface area is 98.4 Å². The number of likely N-dealkylation sites (tertiary alicyclic amines) is 1. The quantitative estimate of drug-likeness (QED) is 0.796. The lowest BCUT2D eigenvalue weighted by molar-refractivity contribution is -0.135. The second kappa shape index (κ2) is 4.74. The van der Waals surface area contributed by atoms with Crippen molar-refractivity contribution in [2.24, 2.45) is 11.7 Å². The van der Waals surface area contributed by atoms with Gasteiger partial charge in [0.15, 0.2) is 0 Å². The van der Waals surface area contributed by atoms with Crippen molar-refractivity contribution in [1.29, 1.82) is 0 Å². The molecule has 1 saturated heterocycles. The van der Waals surface area contributed by atoms with E-state index in [9.17, 15) is 4.79 Å². The van der Waals surface area contributed by atoms with Crippen LogP contribution >= 0.6 is 0 Å².